The van der Waals surface area contributed by atoms with Crippen molar-refractivity contribution < 1.29 is 24.0 Å². The minimum Gasteiger partial charge on any atom is -0.489 e. The SMILES string of the molecule is CCOC(=O)c1ccc(NC(=O)/C(C#N)=C\c2cccc(OCc3ccc([N+](=O)[O-])cc3)c2)cc1. The van der Waals surface area contributed by atoms with E-state index in [4.69, 9.17) is 9.47 Å². The molecule has 0 atom stereocenters. The fraction of sp³-hybridized carbons (Fsp3) is 0.115. The zero-order valence-corrected chi connectivity index (χ0v) is 18.8. The van der Waals surface area contributed by atoms with Crippen molar-refractivity contribution in [2.45, 2.75) is 13.5 Å². The Hall–Kier alpha value is -4.97. The summed E-state index contributed by atoms with van der Waals surface area (Å²) >= 11 is 0. The smallest absolute Gasteiger partial charge is 0.338 e. The van der Waals surface area contributed by atoms with Gasteiger partial charge >= 0.3 is 5.97 Å². The topological polar surface area (TPSA) is 132 Å². The third-order valence-corrected chi connectivity index (χ3v) is 4.74. The van der Waals surface area contributed by atoms with Crippen LogP contribution in [0.3, 0.4) is 0 Å². The van der Waals surface area contributed by atoms with Crippen LogP contribution in [0, 0.1) is 21.4 Å². The lowest BCUT2D eigenvalue weighted by Gasteiger charge is -2.08. The summed E-state index contributed by atoms with van der Waals surface area (Å²) in [6.07, 6.45) is 1.43. The van der Waals surface area contributed by atoms with E-state index in [2.05, 4.69) is 5.32 Å². The second kappa shape index (κ2) is 11.8. The maximum atomic E-state index is 12.6. The Labute approximate surface area is 201 Å². The maximum Gasteiger partial charge on any atom is 0.338 e. The van der Waals surface area contributed by atoms with Crippen molar-refractivity contribution >= 4 is 29.3 Å². The van der Waals surface area contributed by atoms with E-state index in [-0.39, 0.29) is 24.5 Å². The number of rotatable bonds is 9. The van der Waals surface area contributed by atoms with Gasteiger partial charge in [-0.1, -0.05) is 12.1 Å². The molecule has 0 spiro atoms. The van der Waals surface area contributed by atoms with Crippen LogP contribution in [0.15, 0.2) is 78.4 Å². The molecule has 0 radical (unpaired) electrons. The van der Waals surface area contributed by atoms with Crippen molar-refractivity contribution in [2.24, 2.45) is 0 Å². The van der Waals surface area contributed by atoms with Gasteiger partial charge in [0, 0.05) is 17.8 Å². The lowest BCUT2D eigenvalue weighted by molar-refractivity contribution is -0.384. The van der Waals surface area contributed by atoms with E-state index in [0.29, 0.717) is 22.6 Å². The Morgan fingerprint density at radius 1 is 1.09 bits per heavy atom. The highest BCUT2D eigenvalue weighted by Gasteiger charge is 2.11. The number of nitrogens with zero attached hydrogens (tertiary/aromatic N) is 2. The molecule has 176 valence electrons. The number of nitrogens with one attached hydrogen (secondary N) is 1. The summed E-state index contributed by atoms with van der Waals surface area (Å²) in [6, 6.07) is 20.9. The molecule has 1 N–H and O–H groups in total. The van der Waals surface area contributed by atoms with E-state index in [1.807, 2.05) is 6.07 Å². The number of benzene rings is 3. The predicted molar refractivity (Wildman–Crippen MR) is 128 cm³/mol. The van der Waals surface area contributed by atoms with Gasteiger partial charge in [-0.15, -0.1) is 0 Å². The first kappa shape index (κ1) is 24.7. The fourth-order valence-corrected chi connectivity index (χ4v) is 2.99. The molecule has 0 bridgehead atoms. The molecule has 0 aliphatic carbocycles. The molecule has 9 heteroatoms. The molecule has 0 saturated heterocycles. The molecule has 0 heterocycles. The third-order valence-electron chi connectivity index (χ3n) is 4.74. The molecule has 0 saturated carbocycles. The van der Waals surface area contributed by atoms with Crippen molar-refractivity contribution in [1.82, 2.24) is 0 Å². The summed E-state index contributed by atoms with van der Waals surface area (Å²) in [6.45, 7) is 2.17. The Bertz CT molecular complexity index is 1290. The van der Waals surface area contributed by atoms with E-state index in [1.54, 1.807) is 55.5 Å². The van der Waals surface area contributed by atoms with Crippen molar-refractivity contribution in [3.05, 3.63) is 105 Å². The van der Waals surface area contributed by atoms with E-state index < -0.39 is 16.8 Å². The second-order valence-electron chi connectivity index (χ2n) is 7.21. The highest BCUT2D eigenvalue weighted by atomic mass is 16.6. The van der Waals surface area contributed by atoms with Gasteiger partial charge in [-0.2, -0.15) is 5.26 Å². The quantitative estimate of drug-likeness (QED) is 0.154. The molecule has 0 aliphatic rings. The summed E-state index contributed by atoms with van der Waals surface area (Å²) in [5.41, 5.74) is 1.99. The molecule has 3 aromatic carbocycles. The summed E-state index contributed by atoms with van der Waals surface area (Å²) in [4.78, 5) is 34.6. The Kier molecular flexibility index (Phi) is 8.29. The van der Waals surface area contributed by atoms with Gasteiger partial charge in [-0.25, -0.2) is 4.79 Å². The van der Waals surface area contributed by atoms with Gasteiger partial charge in [0.2, 0.25) is 0 Å². The van der Waals surface area contributed by atoms with Crippen LogP contribution in [-0.4, -0.2) is 23.4 Å². The zero-order chi connectivity index (χ0) is 25.2. The van der Waals surface area contributed by atoms with E-state index in [1.165, 1.54) is 30.3 Å². The first-order chi connectivity index (χ1) is 16.9. The van der Waals surface area contributed by atoms with Crippen molar-refractivity contribution in [1.29, 1.82) is 5.26 Å². The monoisotopic (exact) mass is 471 g/mol. The summed E-state index contributed by atoms with van der Waals surface area (Å²) in [5.74, 6) is -0.559. The van der Waals surface area contributed by atoms with Crippen molar-refractivity contribution in [2.75, 3.05) is 11.9 Å². The Morgan fingerprint density at radius 3 is 2.43 bits per heavy atom. The number of amides is 1. The number of hydrogen-bond donors (Lipinski definition) is 1. The first-order valence-corrected chi connectivity index (χ1v) is 10.6. The number of nitro benzene ring substituents is 1. The van der Waals surface area contributed by atoms with Gasteiger partial charge in [0.25, 0.3) is 11.6 Å². The molecular formula is C26H21N3O6. The second-order valence-corrected chi connectivity index (χ2v) is 7.21. The molecule has 0 aliphatic heterocycles. The van der Waals surface area contributed by atoms with Crippen LogP contribution in [0.4, 0.5) is 11.4 Å². The summed E-state index contributed by atoms with van der Waals surface area (Å²) in [7, 11) is 0. The lowest BCUT2D eigenvalue weighted by atomic mass is 10.1. The molecule has 35 heavy (non-hydrogen) atoms. The van der Waals surface area contributed by atoms with Gasteiger partial charge < -0.3 is 14.8 Å². The molecule has 3 aromatic rings. The van der Waals surface area contributed by atoms with Gasteiger partial charge in [-0.3, -0.25) is 14.9 Å². The molecule has 0 unspecified atom stereocenters. The largest absolute Gasteiger partial charge is 0.489 e. The van der Waals surface area contributed by atoms with Crippen LogP contribution in [-0.2, 0) is 16.1 Å². The zero-order valence-electron chi connectivity index (χ0n) is 18.8. The maximum absolute atomic E-state index is 12.6. The fourth-order valence-electron chi connectivity index (χ4n) is 2.99. The number of ether oxygens (including phenoxy) is 2. The normalized spacial score (nSPS) is 10.7. The molecule has 0 fully saturated rings. The number of carbonyl (C=O) groups is 2. The number of nitriles is 1. The van der Waals surface area contributed by atoms with Crippen LogP contribution in [0.1, 0.15) is 28.4 Å². The van der Waals surface area contributed by atoms with Crippen LogP contribution in [0.2, 0.25) is 0 Å². The minimum atomic E-state index is -0.603. The van der Waals surface area contributed by atoms with E-state index in [0.717, 1.165) is 5.56 Å². The highest BCUT2D eigenvalue weighted by Crippen LogP contribution is 2.19. The van der Waals surface area contributed by atoms with Crippen LogP contribution in [0.25, 0.3) is 6.08 Å². The Balaban J connectivity index is 1.65. The van der Waals surface area contributed by atoms with Crippen molar-refractivity contribution in [3.8, 4) is 11.8 Å². The summed E-state index contributed by atoms with van der Waals surface area (Å²) in [5, 5.41) is 22.9. The van der Waals surface area contributed by atoms with Gasteiger partial charge in [0.05, 0.1) is 17.1 Å². The minimum absolute atomic E-state index is 0.00173. The number of carbonyl (C=O) groups excluding carboxylic acids is 2. The van der Waals surface area contributed by atoms with Crippen LogP contribution in [0.5, 0.6) is 5.75 Å². The average Bonchev–Trinajstić information content (AvgIpc) is 2.87. The highest BCUT2D eigenvalue weighted by molar-refractivity contribution is 6.09. The third kappa shape index (κ3) is 7.00. The number of hydrogen-bond acceptors (Lipinski definition) is 7. The summed E-state index contributed by atoms with van der Waals surface area (Å²) < 4.78 is 10.7. The van der Waals surface area contributed by atoms with Gasteiger partial charge in [0.1, 0.15) is 24.0 Å². The number of nitro groups is 1. The Morgan fingerprint density at radius 2 is 1.80 bits per heavy atom. The van der Waals surface area contributed by atoms with Crippen LogP contribution < -0.4 is 10.1 Å². The number of non-ortho nitro benzene ring substituents is 1. The molecule has 9 nitrogen and oxygen atoms in total. The molecular weight excluding hydrogens is 450 g/mol. The average molecular weight is 471 g/mol. The standard InChI is InChI=1S/C26H21N3O6/c1-2-34-26(31)20-8-10-22(11-9-20)28-25(30)21(16-27)14-19-4-3-5-24(15-19)35-17-18-6-12-23(13-7-18)29(32)33/h3-15H,2,17H2,1H3,(H,28,30)/b21-14-. The lowest BCUT2D eigenvalue weighted by Crippen LogP contribution is -2.13. The van der Waals surface area contributed by atoms with Crippen molar-refractivity contribution in [3.63, 3.8) is 0 Å². The number of esters is 1. The predicted octanol–water partition coefficient (Wildman–Crippen LogP) is 4.90. The molecule has 0 aromatic heterocycles. The van der Waals surface area contributed by atoms with E-state index in [9.17, 15) is 25.0 Å². The van der Waals surface area contributed by atoms with Gasteiger partial charge in [0.15, 0.2) is 0 Å². The number of anilines is 1. The van der Waals surface area contributed by atoms with Crippen LogP contribution >= 0.6 is 0 Å². The van der Waals surface area contributed by atoms with Gasteiger partial charge in [-0.05, 0) is 72.7 Å². The molecule has 3 rings (SSSR count). The molecule has 1 amide bonds. The van der Waals surface area contributed by atoms with E-state index >= 15 is 0 Å². The first-order valence-electron chi connectivity index (χ1n) is 10.6.